The van der Waals surface area contributed by atoms with Crippen LogP contribution in [0.15, 0.2) is 42.5 Å². The molecule has 2 aromatic rings. The average Bonchev–Trinajstić information content (AvgIpc) is 2.72. The minimum absolute atomic E-state index is 0.176. The highest BCUT2D eigenvalue weighted by atomic mass is 35.5. The van der Waals surface area contributed by atoms with E-state index >= 15 is 0 Å². The summed E-state index contributed by atoms with van der Waals surface area (Å²) in [5.74, 6) is 0.371. The van der Waals surface area contributed by atoms with Crippen LogP contribution in [0.5, 0.6) is 0 Å². The van der Waals surface area contributed by atoms with Gasteiger partial charge in [-0.25, -0.2) is 4.39 Å². The number of thioether (sulfide) groups is 1. The second-order valence-corrected chi connectivity index (χ2v) is 9.52. The highest BCUT2D eigenvalue weighted by Gasteiger charge is 2.26. The van der Waals surface area contributed by atoms with Crippen molar-refractivity contribution in [3.63, 3.8) is 0 Å². The Morgan fingerprint density at radius 1 is 1.10 bits per heavy atom. The molecule has 8 heteroatoms. The molecular weight excluding hydrogens is 458 g/mol. The van der Waals surface area contributed by atoms with Crippen LogP contribution >= 0.6 is 35.0 Å². The normalized spacial score (nSPS) is 12.0. The highest BCUT2D eigenvalue weighted by Crippen LogP contribution is 2.24. The molecule has 0 aliphatic rings. The van der Waals surface area contributed by atoms with Gasteiger partial charge in [-0.3, -0.25) is 9.59 Å². The largest absolute Gasteiger partial charge is 0.354 e. The lowest BCUT2D eigenvalue weighted by Crippen LogP contribution is -2.48. The highest BCUT2D eigenvalue weighted by molar-refractivity contribution is 7.99. The molecule has 0 aromatic heterocycles. The van der Waals surface area contributed by atoms with Gasteiger partial charge in [-0.2, -0.15) is 0 Å². The summed E-state index contributed by atoms with van der Waals surface area (Å²) in [6, 6.07) is 10.6. The van der Waals surface area contributed by atoms with E-state index in [1.54, 1.807) is 37.3 Å². The van der Waals surface area contributed by atoms with E-state index < -0.39 is 6.04 Å². The summed E-state index contributed by atoms with van der Waals surface area (Å²) in [6.45, 7) is 6.46. The van der Waals surface area contributed by atoms with E-state index in [0.29, 0.717) is 33.8 Å². The third kappa shape index (κ3) is 8.36. The van der Waals surface area contributed by atoms with Gasteiger partial charge in [0.25, 0.3) is 0 Å². The zero-order chi connectivity index (χ0) is 23.0. The summed E-state index contributed by atoms with van der Waals surface area (Å²) >= 11 is 13.7. The lowest BCUT2D eigenvalue weighted by molar-refractivity contribution is -0.138. The number of carbonyl (C=O) groups excluding carboxylic acids is 2. The predicted molar refractivity (Wildman–Crippen MR) is 127 cm³/mol. The van der Waals surface area contributed by atoms with Gasteiger partial charge in [0.1, 0.15) is 11.9 Å². The summed E-state index contributed by atoms with van der Waals surface area (Å²) in [5.41, 5.74) is 1.64. The zero-order valence-corrected chi connectivity index (χ0v) is 20.2. The summed E-state index contributed by atoms with van der Waals surface area (Å²) < 4.78 is 13.1. The molecule has 0 saturated carbocycles. The van der Waals surface area contributed by atoms with E-state index in [0.717, 1.165) is 5.56 Å². The van der Waals surface area contributed by atoms with E-state index in [-0.39, 0.29) is 29.9 Å². The van der Waals surface area contributed by atoms with Gasteiger partial charge < -0.3 is 10.2 Å². The molecule has 0 spiro atoms. The smallest absolute Gasteiger partial charge is 0.242 e. The van der Waals surface area contributed by atoms with Gasteiger partial charge in [-0.1, -0.05) is 55.2 Å². The maximum absolute atomic E-state index is 13.1. The molecule has 1 unspecified atom stereocenters. The van der Waals surface area contributed by atoms with Crippen LogP contribution < -0.4 is 5.32 Å². The zero-order valence-electron chi connectivity index (χ0n) is 17.8. The molecular formula is C23H27Cl2FN2O2S. The number of nitrogens with zero attached hydrogens (tertiary/aromatic N) is 1. The Bertz CT molecular complexity index is 894. The quantitative estimate of drug-likeness (QED) is 0.480. The van der Waals surface area contributed by atoms with Crippen LogP contribution in [0, 0.1) is 11.7 Å². The van der Waals surface area contributed by atoms with Gasteiger partial charge in [0.15, 0.2) is 0 Å². The average molecular weight is 485 g/mol. The second kappa shape index (κ2) is 12.3. The summed E-state index contributed by atoms with van der Waals surface area (Å²) in [5, 5.41) is 3.83. The molecule has 0 aliphatic heterocycles. The summed E-state index contributed by atoms with van der Waals surface area (Å²) in [7, 11) is 0. The van der Waals surface area contributed by atoms with Gasteiger partial charge in [-0.05, 0) is 48.2 Å². The molecule has 31 heavy (non-hydrogen) atoms. The van der Waals surface area contributed by atoms with Crippen molar-refractivity contribution >= 4 is 46.8 Å². The van der Waals surface area contributed by atoms with Crippen LogP contribution in [-0.2, 0) is 21.9 Å². The maximum atomic E-state index is 13.1. The Balaban J connectivity index is 2.09. The van der Waals surface area contributed by atoms with Gasteiger partial charge in [-0.15, -0.1) is 11.8 Å². The monoisotopic (exact) mass is 484 g/mol. The van der Waals surface area contributed by atoms with E-state index in [4.69, 9.17) is 23.2 Å². The molecule has 1 N–H and O–H groups in total. The van der Waals surface area contributed by atoms with Crippen molar-refractivity contribution in [3.05, 3.63) is 69.5 Å². The van der Waals surface area contributed by atoms with Crippen LogP contribution in [0.2, 0.25) is 10.0 Å². The second-order valence-electron chi connectivity index (χ2n) is 7.69. The van der Waals surface area contributed by atoms with Gasteiger partial charge in [0.2, 0.25) is 11.8 Å². The third-order valence-electron chi connectivity index (χ3n) is 4.62. The van der Waals surface area contributed by atoms with Crippen LogP contribution in [-0.4, -0.2) is 35.1 Å². The van der Waals surface area contributed by atoms with Crippen molar-refractivity contribution in [3.8, 4) is 0 Å². The SMILES string of the molecule is CC(C)CNC(=O)C(C)N(Cc1ccc(Cl)cc1Cl)C(=O)CSCc1ccc(F)cc1. The predicted octanol–water partition coefficient (Wildman–Crippen LogP) is 5.56. The molecule has 168 valence electrons. The molecule has 2 rings (SSSR count). The lowest BCUT2D eigenvalue weighted by Gasteiger charge is -2.29. The molecule has 1 atom stereocenters. The van der Waals surface area contributed by atoms with Gasteiger partial charge >= 0.3 is 0 Å². The first-order chi connectivity index (χ1) is 14.7. The Morgan fingerprint density at radius 2 is 1.77 bits per heavy atom. The van der Waals surface area contributed by atoms with Crippen molar-refractivity contribution in [1.29, 1.82) is 0 Å². The van der Waals surface area contributed by atoms with Crippen LogP contribution in [0.25, 0.3) is 0 Å². The van der Waals surface area contributed by atoms with Crippen molar-refractivity contribution < 1.29 is 14.0 Å². The molecule has 0 heterocycles. The van der Waals surface area contributed by atoms with Crippen LogP contribution in [0.1, 0.15) is 31.9 Å². The Hall–Kier alpha value is -1.76. The topological polar surface area (TPSA) is 49.4 Å². The first-order valence-corrected chi connectivity index (χ1v) is 11.9. The Kier molecular flexibility index (Phi) is 10.1. The Labute approximate surface area is 197 Å². The fraction of sp³-hybridized carbons (Fsp3) is 0.391. The van der Waals surface area contributed by atoms with E-state index in [1.165, 1.54) is 28.8 Å². The lowest BCUT2D eigenvalue weighted by atomic mass is 10.1. The summed E-state index contributed by atoms with van der Waals surface area (Å²) in [4.78, 5) is 27.2. The first-order valence-electron chi connectivity index (χ1n) is 10.0. The minimum atomic E-state index is -0.663. The van der Waals surface area contributed by atoms with Gasteiger partial charge in [0, 0.05) is 28.9 Å². The van der Waals surface area contributed by atoms with E-state index in [9.17, 15) is 14.0 Å². The maximum Gasteiger partial charge on any atom is 0.242 e. The molecule has 0 saturated heterocycles. The van der Waals surface area contributed by atoms with E-state index in [1.807, 2.05) is 13.8 Å². The number of nitrogens with one attached hydrogen (secondary N) is 1. The van der Waals surface area contributed by atoms with Crippen molar-refractivity contribution in [1.82, 2.24) is 10.2 Å². The molecule has 0 aliphatic carbocycles. The van der Waals surface area contributed by atoms with Gasteiger partial charge in [0.05, 0.1) is 5.75 Å². The fourth-order valence-corrected chi connectivity index (χ4v) is 4.13. The molecule has 0 radical (unpaired) electrons. The molecule has 2 amide bonds. The number of carbonyl (C=O) groups is 2. The summed E-state index contributed by atoms with van der Waals surface area (Å²) in [6.07, 6.45) is 0. The number of halogens is 3. The number of hydrogen-bond donors (Lipinski definition) is 1. The third-order valence-corrected chi connectivity index (χ3v) is 6.19. The standard InChI is InChI=1S/C23H27Cl2FN2O2S/c1-15(2)11-27-23(30)16(3)28(12-18-6-7-19(24)10-21(18)25)22(29)14-31-13-17-4-8-20(26)9-5-17/h4-10,15-16H,11-14H2,1-3H3,(H,27,30). The molecule has 0 bridgehead atoms. The number of amides is 2. The van der Waals surface area contributed by atoms with Crippen molar-refractivity contribution in [2.24, 2.45) is 5.92 Å². The van der Waals surface area contributed by atoms with Crippen LogP contribution in [0.3, 0.4) is 0 Å². The fourth-order valence-electron chi connectivity index (χ4n) is 2.79. The molecule has 0 fully saturated rings. The first kappa shape index (κ1) is 25.5. The van der Waals surface area contributed by atoms with Crippen LogP contribution in [0.4, 0.5) is 4.39 Å². The number of benzene rings is 2. The van der Waals surface area contributed by atoms with E-state index in [2.05, 4.69) is 5.32 Å². The number of hydrogen-bond acceptors (Lipinski definition) is 3. The molecule has 2 aromatic carbocycles. The van der Waals surface area contributed by atoms with Crippen molar-refractivity contribution in [2.75, 3.05) is 12.3 Å². The number of rotatable bonds is 10. The minimum Gasteiger partial charge on any atom is -0.354 e. The Morgan fingerprint density at radius 3 is 2.39 bits per heavy atom. The molecule has 4 nitrogen and oxygen atoms in total. The van der Waals surface area contributed by atoms with Crippen molar-refractivity contribution in [2.45, 2.75) is 39.1 Å².